The Labute approximate surface area is 446 Å². The SMILES string of the molecule is COC(=O)N[C@H](C(=O)NN(Cc1c(F)cc(-c2cn(C(F)F)cn2)cc1F)C[C@H](O)[C@H](Cc1ccc(C#Cc2ccc(N3CC4CCC(C3)N4C3COC3)nc2)cc1)NC(=O)[C@@H](NC(=O)OC)C(C)(C)C(F)(F)F)C(C)(C)C. The molecule has 6 atom stereocenters. The van der Waals surface area contributed by atoms with E-state index in [9.17, 15) is 46.2 Å². The third-order valence-corrected chi connectivity index (χ3v) is 14.2. The molecular weight excluding hydrogens is 1040 g/mol. The van der Waals surface area contributed by atoms with Crippen LogP contribution in [0.4, 0.5) is 46.1 Å². The molecule has 18 nitrogen and oxygen atoms in total. The van der Waals surface area contributed by atoms with Gasteiger partial charge in [-0.05, 0) is 80.5 Å². The van der Waals surface area contributed by atoms with Crippen LogP contribution in [0.15, 0.2) is 67.3 Å². The van der Waals surface area contributed by atoms with Gasteiger partial charge in [-0.2, -0.15) is 22.0 Å². The number of aliphatic hydroxyl groups excluding tert-OH is 1. The minimum atomic E-state index is -5.09. The number of anilines is 1. The first-order chi connectivity index (χ1) is 36.8. The van der Waals surface area contributed by atoms with E-state index in [4.69, 9.17) is 14.5 Å². The zero-order valence-corrected chi connectivity index (χ0v) is 44.0. The van der Waals surface area contributed by atoms with Gasteiger partial charge in [0.15, 0.2) is 0 Å². The molecule has 2 bridgehead atoms. The number of alkyl carbamates (subject to hydrolysis) is 2. The summed E-state index contributed by atoms with van der Waals surface area (Å²) in [5.41, 5.74) is -1.11. The quantitative estimate of drug-likeness (QED) is 0.0437. The van der Waals surface area contributed by atoms with Crippen LogP contribution in [0.1, 0.15) is 76.3 Å². The Bertz CT molecular complexity index is 2800. The summed E-state index contributed by atoms with van der Waals surface area (Å²) < 4.78 is 118. The molecule has 0 saturated carbocycles. The number of hydrazine groups is 1. The summed E-state index contributed by atoms with van der Waals surface area (Å²) in [6.45, 7) is 4.68. The summed E-state index contributed by atoms with van der Waals surface area (Å²) >= 11 is 0. The number of nitrogens with one attached hydrogen (secondary N) is 4. The van der Waals surface area contributed by atoms with Crippen molar-refractivity contribution < 1.29 is 69.2 Å². The van der Waals surface area contributed by atoms with E-state index >= 15 is 8.78 Å². The highest BCUT2D eigenvalue weighted by atomic mass is 19.4. The van der Waals surface area contributed by atoms with Gasteiger partial charge in [-0.3, -0.25) is 24.5 Å². The van der Waals surface area contributed by atoms with E-state index in [2.05, 4.69) is 47.4 Å². The number of ether oxygens (including phenoxy) is 3. The van der Waals surface area contributed by atoms with Gasteiger partial charge < -0.3 is 40.2 Å². The van der Waals surface area contributed by atoms with Crippen molar-refractivity contribution in [2.75, 3.05) is 52.0 Å². The van der Waals surface area contributed by atoms with E-state index in [-0.39, 0.29) is 17.7 Å². The fraction of sp³-hybridized carbons (Fsp3) is 0.509. The van der Waals surface area contributed by atoms with E-state index < -0.39 is 102 Å². The molecule has 5 heterocycles. The number of methoxy groups -OCH3 is 2. The van der Waals surface area contributed by atoms with Crippen LogP contribution in [-0.2, 0) is 36.8 Å². The second-order valence-electron chi connectivity index (χ2n) is 21.1. The monoisotopic (exact) mass is 1100 g/mol. The zero-order valence-electron chi connectivity index (χ0n) is 44.0. The van der Waals surface area contributed by atoms with Crippen molar-refractivity contribution in [2.45, 2.75) is 116 Å². The number of nitrogens with zero attached hydrogens (tertiary/aromatic N) is 6. The molecule has 2 unspecified atom stereocenters. The van der Waals surface area contributed by atoms with Crippen molar-refractivity contribution in [2.24, 2.45) is 10.8 Å². The molecule has 3 aliphatic heterocycles. The lowest BCUT2D eigenvalue weighted by molar-refractivity contribution is -0.220. The highest BCUT2D eigenvalue weighted by molar-refractivity contribution is 5.87. The number of carbonyl (C=O) groups is 4. The van der Waals surface area contributed by atoms with Gasteiger partial charge in [-0.1, -0.05) is 44.7 Å². The number of piperazine rings is 1. The topological polar surface area (TPSA) is 205 Å². The van der Waals surface area contributed by atoms with Crippen LogP contribution in [0, 0.1) is 34.3 Å². The number of aliphatic hydroxyl groups is 1. The summed E-state index contributed by atoms with van der Waals surface area (Å²) in [5, 5.41) is 19.7. The average molecular weight is 1100 g/mol. The lowest BCUT2D eigenvalue weighted by Gasteiger charge is -2.47. The number of alkyl halides is 5. The minimum Gasteiger partial charge on any atom is -0.453 e. The number of amides is 4. The highest BCUT2D eigenvalue weighted by Crippen LogP contribution is 2.41. The third-order valence-electron chi connectivity index (χ3n) is 14.2. The molecule has 3 saturated heterocycles. The molecule has 422 valence electrons. The van der Waals surface area contributed by atoms with E-state index in [1.165, 1.54) is 0 Å². The molecule has 2 aromatic carbocycles. The molecule has 78 heavy (non-hydrogen) atoms. The lowest BCUT2D eigenvalue weighted by Crippen LogP contribution is -2.63. The number of carbonyl (C=O) groups excluding carboxylic acids is 4. The first-order valence-corrected chi connectivity index (χ1v) is 25.0. The van der Waals surface area contributed by atoms with Crippen molar-refractivity contribution in [1.82, 2.24) is 45.8 Å². The molecule has 5 N–H and O–H groups in total. The van der Waals surface area contributed by atoms with Crippen LogP contribution in [0.2, 0.25) is 0 Å². The second-order valence-corrected chi connectivity index (χ2v) is 21.1. The number of hydrogen-bond acceptors (Lipinski definition) is 13. The van der Waals surface area contributed by atoms with Crippen molar-refractivity contribution in [3.05, 3.63) is 101 Å². The van der Waals surface area contributed by atoms with Gasteiger partial charge in [0.2, 0.25) is 5.91 Å². The fourth-order valence-corrected chi connectivity index (χ4v) is 9.61. The smallest absolute Gasteiger partial charge is 0.407 e. The number of aromatic nitrogens is 3. The number of imidazole rings is 1. The van der Waals surface area contributed by atoms with Gasteiger partial charge in [0.1, 0.15) is 29.5 Å². The molecule has 7 rings (SSSR count). The van der Waals surface area contributed by atoms with Crippen molar-refractivity contribution in [1.29, 1.82) is 0 Å². The zero-order chi connectivity index (χ0) is 56.9. The Morgan fingerprint density at radius 3 is 1.92 bits per heavy atom. The number of rotatable bonds is 18. The highest BCUT2D eigenvalue weighted by Gasteiger charge is 2.56. The fourth-order valence-electron chi connectivity index (χ4n) is 9.61. The molecule has 4 aromatic rings. The maximum Gasteiger partial charge on any atom is 0.407 e. The van der Waals surface area contributed by atoms with Gasteiger partial charge in [0, 0.05) is 72.9 Å². The summed E-state index contributed by atoms with van der Waals surface area (Å²) in [5.74, 6) is 2.14. The normalized spacial score (nSPS) is 18.5. The van der Waals surface area contributed by atoms with Gasteiger partial charge in [0.05, 0.1) is 63.1 Å². The Kier molecular flexibility index (Phi) is 18.3. The molecule has 3 aliphatic rings. The first kappa shape index (κ1) is 58.7. The predicted molar refractivity (Wildman–Crippen MR) is 269 cm³/mol. The second kappa shape index (κ2) is 24.3. The molecule has 2 aromatic heterocycles. The lowest BCUT2D eigenvalue weighted by atomic mass is 9.82. The maximum absolute atomic E-state index is 16.0. The summed E-state index contributed by atoms with van der Waals surface area (Å²) in [6, 6.07) is 7.92. The van der Waals surface area contributed by atoms with Gasteiger partial charge in [-0.15, -0.1) is 0 Å². The predicted octanol–water partition coefficient (Wildman–Crippen LogP) is 6.08. The number of fused-ring (bicyclic) bond motifs is 2. The molecule has 3 fully saturated rings. The number of hydrogen-bond donors (Lipinski definition) is 5. The van der Waals surface area contributed by atoms with Crippen LogP contribution in [0.5, 0.6) is 0 Å². The first-order valence-electron chi connectivity index (χ1n) is 25.0. The number of pyridine rings is 1. The minimum absolute atomic E-state index is 0.205. The van der Waals surface area contributed by atoms with Crippen LogP contribution in [-0.4, -0.2) is 149 Å². The van der Waals surface area contributed by atoms with Crippen molar-refractivity contribution >= 4 is 29.8 Å². The summed E-state index contributed by atoms with van der Waals surface area (Å²) in [6.07, 6.45) is -4.14. The Morgan fingerprint density at radius 2 is 1.41 bits per heavy atom. The van der Waals surface area contributed by atoms with E-state index in [0.29, 0.717) is 53.2 Å². The van der Waals surface area contributed by atoms with Crippen molar-refractivity contribution in [3.63, 3.8) is 0 Å². The van der Waals surface area contributed by atoms with Gasteiger partial charge in [0.25, 0.3) is 5.91 Å². The molecule has 0 spiro atoms. The molecule has 0 aliphatic carbocycles. The van der Waals surface area contributed by atoms with Crippen molar-refractivity contribution in [3.8, 4) is 23.1 Å². The van der Waals surface area contributed by atoms with Crippen LogP contribution in [0.25, 0.3) is 11.3 Å². The van der Waals surface area contributed by atoms with E-state index in [1.54, 1.807) is 51.2 Å². The van der Waals surface area contributed by atoms with Gasteiger partial charge in [-0.25, -0.2) is 33.3 Å². The Hall–Kier alpha value is -7.01. The molecule has 25 heteroatoms. The van der Waals surface area contributed by atoms with E-state index in [0.717, 1.165) is 88.8 Å². The maximum atomic E-state index is 16.0. The Morgan fingerprint density at radius 1 is 0.821 bits per heavy atom. The Balaban J connectivity index is 1.16. The molecular formula is C53H63F7N10O8. The summed E-state index contributed by atoms with van der Waals surface area (Å²) in [4.78, 5) is 66.4. The number of halogens is 7. The average Bonchev–Trinajstić information content (AvgIpc) is 3.97. The van der Waals surface area contributed by atoms with Crippen LogP contribution < -0.4 is 26.3 Å². The summed E-state index contributed by atoms with van der Waals surface area (Å²) in [7, 11) is 1.93. The van der Waals surface area contributed by atoms with E-state index in [1.807, 2.05) is 17.4 Å². The molecule has 0 radical (unpaired) electrons. The van der Waals surface area contributed by atoms with Gasteiger partial charge >= 0.3 is 24.9 Å². The largest absolute Gasteiger partial charge is 0.453 e. The third kappa shape index (κ3) is 14.0. The van der Waals surface area contributed by atoms with Crippen LogP contribution in [0.3, 0.4) is 0 Å². The number of benzene rings is 2. The molecule has 4 amide bonds. The standard InChI is InChI=1S/C53H63F7N10O8/c1-51(2,3)44(64-49(74)76-6)47(73)66-69(24-37-38(54)19-33(20-39(37)55)41-25-68(29-62-41)48(56)57)26-42(71)40(63-46(72)45(65-50(75)77-7)52(4,5)53(58,59)60)18-31-11-8-30(9-12-31)10-13-32-14-17-43(61-21-32)67-22-34-15-16-35(23-67)70(34)36-27-78-28-36/h8-9,11-12,14,17,19-21,25,29,34-36,40,42,44-45,48,71H,15-16,18,22-24,26-28H2,1-7H3,(H,63,72)(H,64,74)(H,65,75)(H,66,73)/t34?,35?,40-,42-,44+,45+/m0/s1. The van der Waals surface area contributed by atoms with Crippen LogP contribution >= 0.6 is 0 Å².